The van der Waals surface area contributed by atoms with Crippen LogP contribution in [0, 0.1) is 12.1 Å². The van der Waals surface area contributed by atoms with Gasteiger partial charge in [-0.15, -0.1) is 24.3 Å². The number of rotatable bonds is 10. The molecule has 6 heterocycles. The largest absolute Gasteiger partial charge is 0.506 e. The number of benzene rings is 8. The number of hydrogen-bond acceptors (Lipinski definition) is 8. The minimum Gasteiger partial charge on any atom is -0.506 e. The maximum Gasteiger partial charge on any atom is 0.217 e. The Bertz CT molecular complexity index is 5140. The van der Waals surface area contributed by atoms with Gasteiger partial charge in [-0.05, 0) is 127 Å². The Morgan fingerprint density at radius 3 is 1.45 bits per heavy atom. The van der Waals surface area contributed by atoms with E-state index >= 15 is 0 Å². The van der Waals surface area contributed by atoms with Crippen molar-refractivity contribution in [3.05, 3.63) is 265 Å². The first-order valence-electron chi connectivity index (χ1n) is 32.0. The topological polar surface area (TPSA) is 120 Å². The predicted molar refractivity (Wildman–Crippen MR) is 383 cm³/mol. The van der Waals surface area contributed by atoms with Crippen LogP contribution in [0.25, 0.3) is 100 Å². The van der Waals surface area contributed by atoms with E-state index in [4.69, 9.17) is 29.4 Å². The van der Waals surface area contributed by atoms with Crippen LogP contribution in [0.2, 0.25) is 0 Å². The third-order valence-corrected chi connectivity index (χ3v) is 17.2. The van der Waals surface area contributed by atoms with E-state index in [2.05, 4.69) is 189 Å². The standard InChI is InChI=1S/2C42H38N3O2.2Pt/c1-41(2,3)29-25-33(42(4,5)6)39(46)37(26-29)45-36-20-14-13-19-31(36)32-21-22-34(44-40(32)45)35-23-28(27-15-9-7-10-16-27)24-38(43-35)47-30-17-11-8-12-18-30;1-41(2,3)29-21-22-35-31(25-29)32-26-33(42(4,5)6)39(44-40(32)45(35)36-19-13-14-20-37(36)46)34-23-28(27-15-9-7-10-16-27)24-38(43-34)47-30-17-11-8-12-18-30;;/h2*7-17,19-26,46H,1-6H3;;/q2*-1;;. The van der Waals surface area contributed by atoms with Gasteiger partial charge >= 0.3 is 0 Å². The first-order chi connectivity index (χ1) is 44.9. The van der Waals surface area contributed by atoms with Gasteiger partial charge in [0.05, 0.1) is 45.2 Å². The fourth-order valence-electron chi connectivity index (χ4n) is 12.2. The molecule has 96 heavy (non-hydrogen) atoms. The molecule has 10 nitrogen and oxygen atoms in total. The van der Waals surface area contributed by atoms with Crippen molar-refractivity contribution in [2.45, 2.75) is 105 Å². The summed E-state index contributed by atoms with van der Waals surface area (Å²) in [6, 6.07) is 82.8. The Morgan fingerprint density at radius 1 is 0.354 bits per heavy atom. The van der Waals surface area contributed by atoms with Gasteiger partial charge in [0.25, 0.3) is 0 Å². The number of ether oxygens (including phenoxy) is 2. The van der Waals surface area contributed by atoms with E-state index in [9.17, 15) is 10.2 Å². The fourth-order valence-corrected chi connectivity index (χ4v) is 12.2. The first kappa shape index (κ1) is 67.9. The van der Waals surface area contributed by atoms with E-state index in [1.807, 2.05) is 140 Å². The molecule has 0 saturated carbocycles. The van der Waals surface area contributed by atoms with Gasteiger partial charge in [0.15, 0.2) is 0 Å². The number of phenols is 2. The molecule has 0 aliphatic rings. The van der Waals surface area contributed by atoms with Crippen LogP contribution in [0.15, 0.2) is 231 Å². The number of pyridine rings is 4. The minimum atomic E-state index is -0.272. The normalized spacial score (nSPS) is 11.9. The molecule has 0 saturated heterocycles. The van der Waals surface area contributed by atoms with E-state index in [0.717, 1.165) is 88.5 Å². The second-order valence-corrected chi connectivity index (χ2v) is 28.2. The molecule has 0 atom stereocenters. The van der Waals surface area contributed by atoms with Gasteiger partial charge in [0.1, 0.15) is 22.8 Å². The molecular weight excluding hydrogens is 1550 g/mol. The third kappa shape index (κ3) is 13.8. The van der Waals surface area contributed by atoms with Crippen molar-refractivity contribution in [1.29, 1.82) is 0 Å². The number of nitrogens with zero attached hydrogens (tertiary/aromatic N) is 6. The first-order valence-corrected chi connectivity index (χ1v) is 32.0. The van der Waals surface area contributed by atoms with E-state index in [1.165, 1.54) is 5.56 Å². The summed E-state index contributed by atoms with van der Waals surface area (Å²) in [6.07, 6.45) is 0. The summed E-state index contributed by atoms with van der Waals surface area (Å²) in [6.45, 7) is 26.3. The molecule has 0 amide bonds. The summed E-state index contributed by atoms with van der Waals surface area (Å²) >= 11 is 0. The van der Waals surface area contributed by atoms with Gasteiger partial charge in [0.2, 0.25) is 11.8 Å². The fraction of sp³-hybridized carbons (Fsp3) is 0.190. The molecule has 14 rings (SSSR count). The van der Waals surface area contributed by atoms with Crippen LogP contribution < -0.4 is 9.47 Å². The second-order valence-electron chi connectivity index (χ2n) is 28.2. The maximum absolute atomic E-state index is 12.0. The van der Waals surface area contributed by atoms with Gasteiger partial charge in [-0.2, -0.15) is 36.4 Å². The molecule has 12 heteroatoms. The minimum absolute atomic E-state index is 0. The molecule has 0 radical (unpaired) electrons. The number of hydrogen-bond donors (Lipinski definition) is 2. The summed E-state index contributed by atoms with van der Waals surface area (Å²) in [5, 5.41) is 27.2. The zero-order valence-electron chi connectivity index (χ0n) is 56.0. The smallest absolute Gasteiger partial charge is 0.217 e. The third-order valence-electron chi connectivity index (χ3n) is 17.2. The van der Waals surface area contributed by atoms with Crippen LogP contribution in [-0.2, 0) is 63.8 Å². The number of aromatic nitrogens is 6. The van der Waals surface area contributed by atoms with Crippen LogP contribution in [0.3, 0.4) is 0 Å². The van der Waals surface area contributed by atoms with Crippen molar-refractivity contribution in [2.24, 2.45) is 0 Å². The molecule has 6 aromatic heterocycles. The van der Waals surface area contributed by atoms with Gasteiger partial charge in [0, 0.05) is 92.9 Å². The summed E-state index contributed by atoms with van der Waals surface area (Å²) in [5.41, 5.74) is 15.4. The van der Waals surface area contributed by atoms with Gasteiger partial charge < -0.3 is 19.7 Å². The summed E-state index contributed by atoms with van der Waals surface area (Å²) in [7, 11) is 0. The monoisotopic (exact) mass is 1620 g/mol. The average molecular weight is 1620 g/mol. The Labute approximate surface area is 591 Å². The number of para-hydroxylation sites is 5. The molecule has 2 N–H and O–H groups in total. The maximum atomic E-state index is 12.0. The van der Waals surface area contributed by atoms with Crippen molar-refractivity contribution in [3.63, 3.8) is 0 Å². The average Bonchev–Trinajstić information content (AvgIpc) is 1.61. The molecule has 14 aromatic rings. The van der Waals surface area contributed by atoms with Crippen molar-refractivity contribution in [1.82, 2.24) is 29.1 Å². The van der Waals surface area contributed by atoms with Gasteiger partial charge in [-0.1, -0.05) is 186 Å². The van der Waals surface area contributed by atoms with E-state index < -0.39 is 0 Å². The van der Waals surface area contributed by atoms with E-state index in [-0.39, 0.29) is 75.3 Å². The van der Waals surface area contributed by atoms with Gasteiger partial charge in [-0.25, -0.2) is 19.9 Å². The number of phenolic OH excluding ortho intramolecular Hbond substituents is 2. The van der Waals surface area contributed by atoms with E-state index in [0.29, 0.717) is 51.7 Å². The molecule has 0 spiro atoms. The van der Waals surface area contributed by atoms with Crippen molar-refractivity contribution >= 4 is 43.9 Å². The molecule has 488 valence electrons. The molecule has 0 bridgehead atoms. The van der Waals surface area contributed by atoms with Crippen LogP contribution in [-0.4, -0.2) is 39.3 Å². The number of aromatic hydroxyl groups is 2. The van der Waals surface area contributed by atoms with Crippen molar-refractivity contribution < 1.29 is 61.8 Å². The summed E-state index contributed by atoms with van der Waals surface area (Å²) < 4.78 is 16.7. The zero-order chi connectivity index (χ0) is 65.8. The summed E-state index contributed by atoms with van der Waals surface area (Å²) in [4.78, 5) is 20.8. The van der Waals surface area contributed by atoms with Crippen molar-refractivity contribution in [3.8, 4) is 91.2 Å². The molecule has 0 unspecified atom stereocenters. The Hall–Kier alpha value is -9.46. The van der Waals surface area contributed by atoms with Crippen LogP contribution >= 0.6 is 0 Å². The summed E-state index contributed by atoms with van der Waals surface area (Å²) in [5.74, 6) is 2.54. The molecular formula is C84H76N6O4Pt2-2. The molecule has 0 aliphatic heterocycles. The van der Waals surface area contributed by atoms with Crippen LogP contribution in [0.5, 0.6) is 34.8 Å². The van der Waals surface area contributed by atoms with E-state index in [1.54, 1.807) is 6.07 Å². The second kappa shape index (κ2) is 27.0. The predicted octanol–water partition coefficient (Wildman–Crippen LogP) is 21.6. The SMILES string of the molecule is CC(C)(C)c1cc(-n2c3ccccc3c3ccc(-c4cc(-c5ccccc5)cc(Oc5[c-]cccc5)n4)nc32)c(O)c(C(C)(C)C)c1.CC(C)(C)c1ccc2c(c1)c1cc(C(C)(C)C)c(-c3cc(-c4ccccc4)cc(Oc4[c-]cccc4)n3)nc1n2-c1ccccc1O.[Pt].[Pt]. The van der Waals surface area contributed by atoms with Crippen molar-refractivity contribution in [2.75, 3.05) is 0 Å². The molecule has 0 fully saturated rings. The Kier molecular flexibility index (Phi) is 19.1. The Balaban J connectivity index is 0.000000191. The zero-order valence-corrected chi connectivity index (χ0v) is 60.5. The molecule has 8 aromatic carbocycles. The van der Waals surface area contributed by atoms with Crippen LogP contribution in [0.4, 0.5) is 0 Å². The Morgan fingerprint density at radius 2 is 0.875 bits per heavy atom. The quantitative estimate of drug-likeness (QED) is 0.130. The molecule has 0 aliphatic carbocycles. The van der Waals surface area contributed by atoms with Crippen LogP contribution in [0.1, 0.15) is 105 Å². The van der Waals surface area contributed by atoms with Gasteiger partial charge in [-0.3, -0.25) is 9.13 Å². The number of fused-ring (bicyclic) bond motifs is 6.